The minimum Gasteiger partial charge on any atom is -0.497 e. The van der Waals surface area contributed by atoms with Crippen LogP contribution in [0.4, 0.5) is 0 Å². The van der Waals surface area contributed by atoms with Crippen molar-refractivity contribution in [3.8, 4) is 17.2 Å². The minimum atomic E-state index is -0.383. The average molecular weight is 498 g/mol. The Morgan fingerprint density at radius 2 is 1.81 bits per heavy atom. The van der Waals surface area contributed by atoms with Crippen molar-refractivity contribution in [1.29, 1.82) is 0 Å². The SMILES string of the molecule is C=CCOc1ccc(/C=N\NC(=O)COc2c(Br)cc(OC)cc2Br)cc1. The Kier molecular flexibility index (Phi) is 8.35. The molecule has 2 aromatic carbocycles. The summed E-state index contributed by atoms with van der Waals surface area (Å²) >= 11 is 6.76. The molecule has 2 aromatic rings. The molecule has 0 fully saturated rings. The van der Waals surface area contributed by atoms with E-state index in [2.05, 4.69) is 49.0 Å². The lowest BCUT2D eigenvalue weighted by molar-refractivity contribution is -0.123. The van der Waals surface area contributed by atoms with Crippen molar-refractivity contribution in [1.82, 2.24) is 5.43 Å². The van der Waals surface area contributed by atoms with Crippen molar-refractivity contribution in [3.05, 3.63) is 63.6 Å². The highest BCUT2D eigenvalue weighted by Gasteiger charge is 2.11. The van der Waals surface area contributed by atoms with Crippen molar-refractivity contribution in [2.24, 2.45) is 5.10 Å². The summed E-state index contributed by atoms with van der Waals surface area (Å²) in [6.07, 6.45) is 3.21. The summed E-state index contributed by atoms with van der Waals surface area (Å²) in [6.45, 7) is 3.86. The second-order valence-corrected chi connectivity index (χ2v) is 6.88. The number of carbonyl (C=O) groups excluding carboxylic acids is 1. The zero-order chi connectivity index (χ0) is 19.6. The number of benzene rings is 2. The van der Waals surface area contributed by atoms with Gasteiger partial charge in [0.15, 0.2) is 6.61 Å². The van der Waals surface area contributed by atoms with Crippen LogP contribution in [-0.2, 0) is 4.79 Å². The van der Waals surface area contributed by atoms with Crippen LogP contribution in [0.3, 0.4) is 0 Å². The van der Waals surface area contributed by atoms with Crippen LogP contribution in [0.15, 0.2) is 63.1 Å². The van der Waals surface area contributed by atoms with Gasteiger partial charge in [-0.25, -0.2) is 5.43 Å². The lowest BCUT2D eigenvalue weighted by Crippen LogP contribution is -2.24. The van der Waals surface area contributed by atoms with Gasteiger partial charge in [0.05, 0.1) is 22.3 Å². The molecule has 0 heterocycles. The zero-order valence-electron chi connectivity index (χ0n) is 14.6. The van der Waals surface area contributed by atoms with Crippen LogP contribution in [0.1, 0.15) is 5.56 Å². The molecule has 0 aliphatic carbocycles. The van der Waals surface area contributed by atoms with Gasteiger partial charge in [0.1, 0.15) is 23.9 Å². The number of hydrogen-bond acceptors (Lipinski definition) is 5. The normalized spacial score (nSPS) is 10.5. The van der Waals surface area contributed by atoms with E-state index >= 15 is 0 Å². The third-order valence-electron chi connectivity index (χ3n) is 3.21. The number of halogens is 2. The molecule has 0 spiro atoms. The fraction of sp³-hybridized carbons (Fsp3) is 0.158. The maximum atomic E-state index is 11.9. The Morgan fingerprint density at radius 3 is 2.41 bits per heavy atom. The standard InChI is InChI=1S/C19H18Br2N2O4/c1-3-8-26-14-6-4-13(5-7-14)11-22-23-18(24)12-27-19-16(20)9-15(25-2)10-17(19)21/h3-7,9-11H,1,8,12H2,2H3,(H,23,24)/b22-11-. The molecule has 0 saturated heterocycles. The molecular weight excluding hydrogens is 480 g/mol. The van der Waals surface area contributed by atoms with Gasteiger partial charge >= 0.3 is 0 Å². The third kappa shape index (κ3) is 6.73. The minimum absolute atomic E-state index is 0.185. The van der Waals surface area contributed by atoms with E-state index < -0.39 is 0 Å². The Balaban J connectivity index is 1.84. The second kappa shape index (κ2) is 10.7. The number of ether oxygens (including phenoxy) is 3. The summed E-state index contributed by atoms with van der Waals surface area (Å²) in [5.74, 6) is 1.52. The number of hydrogen-bond donors (Lipinski definition) is 1. The summed E-state index contributed by atoms with van der Waals surface area (Å²) in [6, 6.07) is 10.8. The first kappa shape index (κ1) is 21.0. The molecule has 0 aliphatic heterocycles. The molecule has 1 N–H and O–H groups in total. The fourth-order valence-electron chi connectivity index (χ4n) is 1.95. The first-order chi connectivity index (χ1) is 13.0. The number of hydrazone groups is 1. The van der Waals surface area contributed by atoms with Gasteiger partial charge in [0.2, 0.25) is 0 Å². The van der Waals surface area contributed by atoms with Gasteiger partial charge < -0.3 is 14.2 Å². The highest BCUT2D eigenvalue weighted by Crippen LogP contribution is 2.37. The first-order valence-corrected chi connectivity index (χ1v) is 9.43. The van der Waals surface area contributed by atoms with E-state index in [9.17, 15) is 4.79 Å². The highest BCUT2D eigenvalue weighted by atomic mass is 79.9. The van der Waals surface area contributed by atoms with E-state index in [1.54, 1.807) is 25.3 Å². The van der Waals surface area contributed by atoms with Crippen LogP contribution in [0.5, 0.6) is 17.2 Å². The summed E-state index contributed by atoms with van der Waals surface area (Å²) in [7, 11) is 1.57. The van der Waals surface area contributed by atoms with Crippen LogP contribution in [0, 0.1) is 0 Å². The average Bonchev–Trinajstić information content (AvgIpc) is 2.66. The monoisotopic (exact) mass is 496 g/mol. The quantitative estimate of drug-likeness (QED) is 0.318. The topological polar surface area (TPSA) is 69.2 Å². The predicted molar refractivity (Wildman–Crippen MR) is 112 cm³/mol. The molecule has 0 bridgehead atoms. The number of nitrogens with one attached hydrogen (secondary N) is 1. The maximum absolute atomic E-state index is 11.9. The van der Waals surface area contributed by atoms with Crippen molar-refractivity contribution < 1.29 is 19.0 Å². The molecule has 0 aromatic heterocycles. The lowest BCUT2D eigenvalue weighted by Gasteiger charge is -2.11. The van der Waals surface area contributed by atoms with E-state index in [0.717, 1.165) is 11.3 Å². The van der Waals surface area contributed by atoms with Crippen LogP contribution >= 0.6 is 31.9 Å². The zero-order valence-corrected chi connectivity index (χ0v) is 17.7. The van der Waals surface area contributed by atoms with Crippen LogP contribution in [0.2, 0.25) is 0 Å². The van der Waals surface area contributed by atoms with Crippen molar-refractivity contribution in [3.63, 3.8) is 0 Å². The Morgan fingerprint density at radius 1 is 1.15 bits per heavy atom. The third-order valence-corrected chi connectivity index (χ3v) is 4.38. The van der Waals surface area contributed by atoms with Gasteiger partial charge in [-0.2, -0.15) is 5.10 Å². The van der Waals surface area contributed by atoms with Crippen molar-refractivity contribution in [2.75, 3.05) is 20.3 Å². The van der Waals surface area contributed by atoms with Crippen LogP contribution in [0.25, 0.3) is 0 Å². The Hall–Kier alpha value is -2.32. The van der Waals surface area contributed by atoms with E-state index in [1.807, 2.05) is 24.3 Å². The number of amides is 1. The predicted octanol–water partition coefficient (Wildman–Crippen LogP) is 4.31. The summed E-state index contributed by atoms with van der Waals surface area (Å²) in [5, 5.41) is 3.91. The van der Waals surface area contributed by atoms with Crippen molar-refractivity contribution in [2.45, 2.75) is 0 Å². The summed E-state index contributed by atoms with van der Waals surface area (Å²) in [5.41, 5.74) is 3.24. The summed E-state index contributed by atoms with van der Waals surface area (Å²) in [4.78, 5) is 11.9. The van der Waals surface area contributed by atoms with E-state index in [0.29, 0.717) is 27.1 Å². The van der Waals surface area contributed by atoms with Crippen LogP contribution < -0.4 is 19.6 Å². The van der Waals surface area contributed by atoms with Gasteiger partial charge in [-0.3, -0.25) is 4.79 Å². The number of methoxy groups -OCH3 is 1. The Bertz CT molecular complexity index is 800. The van der Waals surface area contributed by atoms with Gasteiger partial charge in [-0.05, 0) is 73.8 Å². The molecule has 0 aliphatic rings. The van der Waals surface area contributed by atoms with Gasteiger partial charge in [0, 0.05) is 0 Å². The largest absolute Gasteiger partial charge is 0.497 e. The molecule has 8 heteroatoms. The first-order valence-electron chi connectivity index (χ1n) is 7.85. The lowest BCUT2D eigenvalue weighted by atomic mass is 10.2. The molecular formula is C19H18Br2N2O4. The number of nitrogens with zero attached hydrogens (tertiary/aromatic N) is 1. The maximum Gasteiger partial charge on any atom is 0.277 e. The highest BCUT2D eigenvalue weighted by molar-refractivity contribution is 9.11. The van der Waals surface area contributed by atoms with Gasteiger partial charge in [0.25, 0.3) is 5.91 Å². The Labute approximate surface area is 174 Å². The van der Waals surface area contributed by atoms with Gasteiger partial charge in [-0.15, -0.1) is 0 Å². The molecule has 27 heavy (non-hydrogen) atoms. The number of carbonyl (C=O) groups is 1. The van der Waals surface area contributed by atoms with Crippen molar-refractivity contribution >= 4 is 44.0 Å². The second-order valence-electron chi connectivity index (χ2n) is 5.17. The molecule has 6 nitrogen and oxygen atoms in total. The molecule has 142 valence electrons. The van der Waals surface area contributed by atoms with E-state index in [1.165, 1.54) is 6.21 Å². The number of rotatable bonds is 9. The molecule has 0 unspecified atom stereocenters. The molecule has 0 radical (unpaired) electrons. The van der Waals surface area contributed by atoms with Gasteiger partial charge in [-0.1, -0.05) is 12.7 Å². The fourth-order valence-corrected chi connectivity index (χ4v) is 3.32. The molecule has 2 rings (SSSR count). The van der Waals surface area contributed by atoms with E-state index in [4.69, 9.17) is 14.2 Å². The molecule has 1 amide bonds. The molecule has 0 atom stereocenters. The molecule has 0 saturated carbocycles. The van der Waals surface area contributed by atoms with Crippen LogP contribution in [-0.4, -0.2) is 32.4 Å². The summed E-state index contributed by atoms with van der Waals surface area (Å²) < 4.78 is 17.4. The smallest absolute Gasteiger partial charge is 0.277 e. The van der Waals surface area contributed by atoms with E-state index in [-0.39, 0.29) is 12.5 Å².